The van der Waals surface area contributed by atoms with Gasteiger partial charge in [0.2, 0.25) is 5.91 Å². The van der Waals surface area contributed by atoms with E-state index in [-0.39, 0.29) is 11.9 Å². The number of hydrogen-bond acceptors (Lipinski definition) is 3. The molecule has 0 aliphatic heterocycles. The SMILES string of the molecule is CCN(C)C(=O)CNC(C)Cc1ccco1. The van der Waals surface area contributed by atoms with E-state index in [9.17, 15) is 4.79 Å². The van der Waals surface area contributed by atoms with Crippen LogP contribution in [-0.4, -0.2) is 37.0 Å². The molecule has 1 aromatic heterocycles. The molecule has 0 aliphatic rings. The largest absolute Gasteiger partial charge is 0.469 e. The Kier molecular flexibility index (Phi) is 5.05. The lowest BCUT2D eigenvalue weighted by molar-refractivity contribution is -0.128. The Morgan fingerprint density at radius 3 is 2.94 bits per heavy atom. The third-order valence-corrected chi connectivity index (χ3v) is 2.59. The molecular weight excluding hydrogens is 204 g/mol. The summed E-state index contributed by atoms with van der Waals surface area (Å²) >= 11 is 0. The van der Waals surface area contributed by atoms with E-state index >= 15 is 0 Å². The summed E-state index contributed by atoms with van der Waals surface area (Å²) in [5.41, 5.74) is 0. The van der Waals surface area contributed by atoms with Gasteiger partial charge in [0.1, 0.15) is 5.76 Å². The fourth-order valence-corrected chi connectivity index (χ4v) is 1.38. The number of carbonyl (C=O) groups is 1. The van der Waals surface area contributed by atoms with Gasteiger partial charge in [-0.1, -0.05) is 0 Å². The zero-order valence-corrected chi connectivity index (χ0v) is 10.2. The Bertz CT molecular complexity index is 309. The minimum atomic E-state index is 0.119. The summed E-state index contributed by atoms with van der Waals surface area (Å²) in [5.74, 6) is 1.06. The van der Waals surface area contributed by atoms with Crippen molar-refractivity contribution in [2.75, 3.05) is 20.1 Å². The molecule has 4 heteroatoms. The molecule has 0 spiro atoms. The first-order valence-corrected chi connectivity index (χ1v) is 5.63. The maximum atomic E-state index is 11.5. The minimum absolute atomic E-state index is 0.119. The van der Waals surface area contributed by atoms with Gasteiger partial charge in [0.25, 0.3) is 0 Å². The molecular formula is C12H20N2O2. The fourth-order valence-electron chi connectivity index (χ4n) is 1.38. The van der Waals surface area contributed by atoms with Crippen molar-refractivity contribution in [1.29, 1.82) is 0 Å². The quantitative estimate of drug-likeness (QED) is 0.791. The molecule has 0 radical (unpaired) electrons. The molecule has 0 saturated carbocycles. The van der Waals surface area contributed by atoms with Crippen LogP contribution in [0.2, 0.25) is 0 Å². The highest BCUT2D eigenvalue weighted by Gasteiger charge is 2.09. The first-order valence-electron chi connectivity index (χ1n) is 5.63. The molecule has 0 aromatic carbocycles. The van der Waals surface area contributed by atoms with Gasteiger partial charge >= 0.3 is 0 Å². The Balaban J connectivity index is 2.25. The summed E-state index contributed by atoms with van der Waals surface area (Å²) in [6.07, 6.45) is 2.47. The third kappa shape index (κ3) is 4.06. The van der Waals surface area contributed by atoms with E-state index in [4.69, 9.17) is 4.42 Å². The first kappa shape index (κ1) is 12.8. The molecule has 1 atom stereocenters. The molecule has 90 valence electrons. The lowest BCUT2D eigenvalue weighted by atomic mass is 10.2. The van der Waals surface area contributed by atoms with Crippen molar-refractivity contribution in [3.63, 3.8) is 0 Å². The normalized spacial score (nSPS) is 12.4. The van der Waals surface area contributed by atoms with Crippen LogP contribution in [-0.2, 0) is 11.2 Å². The standard InChI is InChI=1S/C12H20N2O2/c1-4-14(3)12(15)9-13-10(2)8-11-6-5-7-16-11/h5-7,10,13H,4,8-9H2,1-3H3. The van der Waals surface area contributed by atoms with Crippen molar-refractivity contribution < 1.29 is 9.21 Å². The number of amides is 1. The van der Waals surface area contributed by atoms with Gasteiger partial charge in [-0.15, -0.1) is 0 Å². The van der Waals surface area contributed by atoms with E-state index in [0.29, 0.717) is 6.54 Å². The molecule has 1 N–H and O–H groups in total. The van der Waals surface area contributed by atoms with Gasteiger partial charge in [-0.2, -0.15) is 0 Å². The zero-order chi connectivity index (χ0) is 12.0. The van der Waals surface area contributed by atoms with Crippen LogP contribution in [0.4, 0.5) is 0 Å². The number of carbonyl (C=O) groups excluding carboxylic acids is 1. The summed E-state index contributed by atoms with van der Waals surface area (Å²) in [5, 5.41) is 3.18. The van der Waals surface area contributed by atoms with Crippen LogP contribution in [0.1, 0.15) is 19.6 Å². The number of furan rings is 1. The highest BCUT2D eigenvalue weighted by molar-refractivity contribution is 5.77. The smallest absolute Gasteiger partial charge is 0.236 e. The Hall–Kier alpha value is -1.29. The van der Waals surface area contributed by atoms with E-state index in [1.54, 1.807) is 18.2 Å². The lowest BCUT2D eigenvalue weighted by Crippen LogP contribution is -2.39. The van der Waals surface area contributed by atoms with Crippen molar-refractivity contribution in [2.45, 2.75) is 26.3 Å². The van der Waals surface area contributed by atoms with Gasteiger partial charge in [0, 0.05) is 26.1 Å². The Morgan fingerprint density at radius 1 is 1.62 bits per heavy atom. The van der Waals surface area contributed by atoms with Crippen molar-refractivity contribution >= 4 is 5.91 Å². The second-order valence-electron chi connectivity index (χ2n) is 3.97. The second-order valence-corrected chi connectivity index (χ2v) is 3.97. The molecule has 1 aromatic rings. The molecule has 0 aliphatic carbocycles. The van der Waals surface area contributed by atoms with Crippen LogP contribution in [0.25, 0.3) is 0 Å². The van der Waals surface area contributed by atoms with E-state index < -0.39 is 0 Å². The van der Waals surface area contributed by atoms with Gasteiger partial charge < -0.3 is 14.6 Å². The van der Waals surface area contributed by atoms with Crippen LogP contribution >= 0.6 is 0 Å². The maximum Gasteiger partial charge on any atom is 0.236 e. The number of likely N-dealkylation sites (N-methyl/N-ethyl adjacent to an activating group) is 1. The molecule has 0 saturated heterocycles. The molecule has 0 fully saturated rings. The molecule has 1 unspecified atom stereocenters. The first-order chi connectivity index (χ1) is 7.63. The van der Waals surface area contributed by atoms with Gasteiger partial charge in [-0.3, -0.25) is 4.79 Å². The fraction of sp³-hybridized carbons (Fsp3) is 0.583. The van der Waals surface area contributed by atoms with E-state index in [1.807, 2.05) is 26.0 Å². The molecule has 1 heterocycles. The monoisotopic (exact) mass is 224 g/mol. The topological polar surface area (TPSA) is 45.5 Å². The third-order valence-electron chi connectivity index (χ3n) is 2.59. The predicted octanol–water partition coefficient (Wildman–Crippen LogP) is 1.28. The molecule has 1 rings (SSSR count). The van der Waals surface area contributed by atoms with Crippen LogP contribution in [0.5, 0.6) is 0 Å². The molecule has 16 heavy (non-hydrogen) atoms. The van der Waals surface area contributed by atoms with Crippen LogP contribution in [0.3, 0.4) is 0 Å². The lowest BCUT2D eigenvalue weighted by Gasteiger charge is -2.17. The highest BCUT2D eigenvalue weighted by Crippen LogP contribution is 2.03. The van der Waals surface area contributed by atoms with E-state index in [0.717, 1.165) is 18.7 Å². The Labute approximate surface area is 96.6 Å². The number of rotatable bonds is 6. The predicted molar refractivity (Wildman–Crippen MR) is 63.2 cm³/mol. The molecule has 0 bridgehead atoms. The van der Waals surface area contributed by atoms with Crippen molar-refractivity contribution in [3.05, 3.63) is 24.2 Å². The van der Waals surface area contributed by atoms with Gasteiger partial charge in [0.05, 0.1) is 12.8 Å². The highest BCUT2D eigenvalue weighted by atomic mass is 16.3. The van der Waals surface area contributed by atoms with E-state index in [1.165, 1.54) is 0 Å². The van der Waals surface area contributed by atoms with Crippen molar-refractivity contribution in [3.8, 4) is 0 Å². The maximum absolute atomic E-state index is 11.5. The van der Waals surface area contributed by atoms with Crippen LogP contribution < -0.4 is 5.32 Å². The molecule has 4 nitrogen and oxygen atoms in total. The summed E-state index contributed by atoms with van der Waals surface area (Å²) in [6, 6.07) is 4.05. The van der Waals surface area contributed by atoms with E-state index in [2.05, 4.69) is 5.32 Å². The number of hydrogen-bond donors (Lipinski definition) is 1. The summed E-state index contributed by atoms with van der Waals surface area (Å²) in [6.45, 7) is 5.13. The van der Waals surface area contributed by atoms with Gasteiger partial charge in [-0.05, 0) is 26.0 Å². The summed E-state index contributed by atoms with van der Waals surface area (Å²) in [4.78, 5) is 13.2. The average molecular weight is 224 g/mol. The second kappa shape index (κ2) is 6.33. The Morgan fingerprint density at radius 2 is 2.38 bits per heavy atom. The van der Waals surface area contributed by atoms with Crippen molar-refractivity contribution in [2.24, 2.45) is 0 Å². The van der Waals surface area contributed by atoms with Crippen LogP contribution in [0, 0.1) is 0 Å². The summed E-state index contributed by atoms with van der Waals surface area (Å²) < 4.78 is 5.24. The average Bonchev–Trinajstić information content (AvgIpc) is 2.77. The van der Waals surface area contributed by atoms with Crippen LogP contribution in [0.15, 0.2) is 22.8 Å². The minimum Gasteiger partial charge on any atom is -0.469 e. The number of nitrogens with zero attached hydrogens (tertiary/aromatic N) is 1. The number of nitrogens with one attached hydrogen (secondary N) is 1. The van der Waals surface area contributed by atoms with Crippen molar-refractivity contribution in [1.82, 2.24) is 10.2 Å². The summed E-state index contributed by atoms with van der Waals surface area (Å²) in [7, 11) is 1.81. The van der Waals surface area contributed by atoms with Gasteiger partial charge in [-0.25, -0.2) is 0 Å². The zero-order valence-electron chi connectivity index (χ0n) is 10.2. The molecule has 1 amide bonds. The van der Waals surface area contributed by atoms with Gasteiger partial charge in [0.15, 0.2) is 0 Å².